The molecular weight excluding hydrogens is 150 g/mol. The molecule has 1 amide bonds. The Labute approximate surface area is 73.4 Å². The van der Waals surface area contributed by atoms with Crippen LogP contribution in [0.25, 0.3) is 0 Å². The molecule has 1 aliphatic rings. The van der Waals surface area contributed by atoms with Crippen molar-refractivity contribution in [3.8, 4) is 0 Å². The number of hydrogen-bond acceptors (Lipinski definition) is 1. The molecule has 0 atom stereocenters. The summed E-state index contributed by atoms with van der Waals surface area (Å²) in [5, 5.41) is 2.79. The molecule has 0 aromatic rings. The molecule has 1 heterocycles. The van der Waals surface area contributed by atoms with E-state index in [9.17, 15) is 4.79 Å². The first-order chi connectivity index (χ1) is 5.65. The average molecular weight is 165 g/mol. The Morgan fingerprint density at radius 1 is 1.67 bits per heavy atom. The number of allylic oxidation sites excluding steroid dienone is 1. The van der Waals surface area contributed by atoms with Crippen LogP contribution < -0.4 is 5.32 Å². The molecule has 0 saturated carbocycles. The van der Waals surface area contributed by atoms with Gasteiger partial charge in [0.1, 0.15) is 0 Å². The molecule has 12 heavy (non-hydrogen) atoms. The first kappa shape index (κ1) is 9.04. The normalized spacial score (nSPS) is 18.6. The predicted octanol–water partition coefficient (Wildman–Crippen LogP) is 1.79. The Morgan fingerprint density at radius 2 is 2.33 bits per heavy atom. The summed E-state index contributed by atoms with van der Waals surface area (Å²) in [6.07, 6.45) is 3.15. The molecule has 1 rings (SSSR count). The number of carbonyl (C=O) groups is 1. The molecule has 0 spiro atoms. The average Bonchev–Trinajstić information content (AvgIpc) is 2.36. The first-order valence-electron chi connectivity index (χ1n) is 4.30. The van der Waals surface area contributed by atoms with Gasteiger partial charge in [0.2, 0.25) is 5.91 Å². The van der Waals surface area contributed by atoms with Gasteiger partial charge < -0.3 is 5.32 Å². The van der Waals surface area contributed by atoms with Crippen LogP contribution in [0.1, 0.15) is 27.2 Å². The summed E-state index contributed by atoms with van der Waals surface area (Å²) >= 11 is 0. The minimum absolute atomic E-state index is 0.0742. The van der Waals surface area contributed by atoms with E-state index in [1.54, 1.807) is 0 Å². The van der Waals surface area contributed by atoms with Crippen LogP contribution in [0, 0.1) is 0 Å². The Morgan fingerprint density at radius 3 is 2.75 bits per heavy atom. The maximum atomic E-state index is 11.1. The predicted molar refractivity (Wildman–Crippen MR) is 49.8 cm³/mol. The lowest BCUT2D eigenvalue weighted by atomic mass is 10.1. The van der Waals surface area contributed by atoms with Gasteiger partial charge in [0, 0.05) is 12.1 Å². The Bertz CT molecular complexity index is 261. The highest BCUT2D eigenvalue weighted by Crippen LogP contribution is 2.14. The number of hydrogen-bond donors (Lipinski definition) is 1. The first-order valence-corrected chi connectivity index (χ1v) is 4.30. The van der Waals surface area contributed by atoms with Crippen LogP contribution in [0.15, 0.2) is 22.8 Å². The van der Waals surface area contributed by atoms with Crippen molar-refractivity contribution in [2.75, 3.05) is 6.54 Å². The molecular formula is C10H15NO. The zero-order valence-corrected chi connectivity index (χ0v) is 7.90. The molecule has 1 N–H and O–H groups in total. The second-order valence-corrected chi connectivity index (χ2v) is 3.18. The third-order valence-electron chi connectivity index (χ3n) is 2.24. The molecule has 0 bridgehead atoms. The number of nitrogens with one attached hydrogen (secondary N) is 1. The quantitative estimate of drug-likeness (QED) is 0.664. The number of rotatable bonds is 2. The topological polar surface area (TPSA) is 29.1 Å². The summed E-state index contributed by atoms with van der Waals surface area (Å²) in [5.74, 6) is 0.0742. The zero-order chi connectivity index (χ0) is 9.14. The van der Waals surface area contributed by atoms with Crippen molar-refractivity contribution in [3.63, 3.8) is 0 Å². The van der Waals surface area contributed by atoms with Crippen molar-refractivity contribution in [2.24, 2.45) is 0 Å². The second kappa shape index (κ2) is 3.57. The Hall–Kier alpha value is -1.05. The highest BCUT2D eigenvalue weighted by atomic mass is 16.1. The highest BCUT2D eigenvalue weighted by molar-refractivity contribution is 5.97. The summed E-state index contributed by atoms with van der Waals surface area (Å²) < 4.78 is 0. The van der Waals surface area contributed by atoms with Gasteiger partial charge in [-0.15, -0.1) is 0 Å². The minimum atomic E-state index is 0.0742. The fraction of sp³-hybridized carbons (Fsp3) is 0.500. The fourth-order valence-corrected chi connectivity index (χ4v) is 1.15. The van der Waals surface area contributed by atoms with Crippen molar-refractivity contribution in [2.45, 2.75) is 27.2 Å². The molecule has 0 aromatic carbocycles. The van der Waals surface area contributed by atoms with Crippen molar-refractivity contribution >= 4 is 5.91 Å². The van der Waals surface area contributed by atoms with Crippen LogP contribution in [-0.4, -0.2) is 12.5 Å². The van der Waals surface area contributed by atoms with Crippen LogP contribution in [0.2, 0.25) is 0 Å². The van der Waals surface area contributed by atoms with E-state index in [2.05, 4.69) is 25.2 Å². The van der Waals surface area contributed by atoms with E-state index >= 15 is 0 Å². The lowest BCUT2D eigenvalue weighted by Crippen LogP contribution is -2.16. The highest BCUT2D eigenvalue weighted by Gasteiger charge is 2.15. The van der Waals surface area contributed by atoms with Gasteiger partial charge in [-0.3, -0.25) is 4.79 Å². The van der Waals surface area contributed by atoms with Crippen LogP contribution >= 0.6 is 0 Å². The summed E-state index contributed by atoms with van der Waals surface area (Å²) in [5.41, 5.74) is 3.32. The summed E-state index contributed by atoms with van der Waals surface area (Å²) in [6.45, 7) is 6.77. The molecule has 0 saturated heterocycles. The summed E-state index contributed by atoms with van der Waals surface area (Å²) in [7, 11) is 0. The largest absolute Gasteiger partial charge is 0.348 e. The van der Waals surface area contributed by atoms with Gasteiger partial charge in [0.05, 0.1) is 0 Å². The molecule has 0 aromatic heterocycles. The third-order valence-corrected chi connectivity index (χ3v) is 2.24. The lowest BCUT2D eigenvalue weighted by Gasteiger charge is -1.96. The van der Waals surface area contributed by atoms with E-state index < -0.39 is 0 Å². The summed E-state index contributed by atoms with van der Waals surface area (Å²) in [6, 6.07) is 0. The molecule has 1 aliphatic heterocycles. The maximum absolute atomic E-state index is 11.1. The standard InChI is InChI=1S/C10H15NO/c1-4-7(2)5-9-6-11-10(12)8(9)3/h5H,4,6H2,1-3H3,(H,11,12)/b7-5-. The van der Waals surface area contributed by atoms with Gasteiger partial charge in [-0.25, -0.2) is 0 Å². The van der Waals surface area contributed by atoms with Crippen molar-refractivity contribution in [1.82, 2.24) is 5.32 Å². The van der Waals surface area contributed by atoms with Crippen molar-refractivity contribution < 1.29 is 4.79 Å². The van der Waals surface area contributed by atoms with Gasteiger partial charge in [-0.1, -0.05) is 18.6 Å². The van der Waals surface area contributed by atoms with Crippen LogP contribution in [0.3, 0.4) is 0 Å². The lowest BCUT2D eigenvalue weighted by molar-refractivity contribution is -0.116. The van der Waals surface area contributed by atoms with Gasteiger partial charge in [-0.05, 0) is 25.8 Å². The summed E-state index contributed by atoms with van der Waals surface area (Å²) in [4.78, 5) is 11.1. The van der Waals surface area contributed by atoms with Gasteiger partial charge >= 0.3 is 0 Å². The molecule has 2 nitrogen and oxygen atoms in total. The molecule has 0 fully saturated rings. The molecule has 0 aliphatic carbocycles. The SMILES string of the molecule is CC/C(C)=C\C1=C(C)C(=O)NC1. The van der Waals surface area contributed by atoms with E-state index in [0.717, 1.165) is 17.6 Å². The molecule has 66 valence electrons. The Balaban J connectivity index is 2.83. The smallest absolute Gasteiger partial charge is 0.247 e. The van der Waals surface area contributed by atoms with E-state index in [1.165, 1.54) is 5.57 Å². The number of carbonyl (C=O) groups excluding carboxylic acids is 1. The van der Waals surface area contributed by atoms with Gasteiger partial charge in [0.15, 0.2) is 0 Å². The fourth-order valence-electron chi connectivity index (χ4n) is 1.15. The van der Waals surface area contributed by atoms with E-state index in [-0.39, 0.29) is 5.91 Å². The second-order valence-electron chi connectivity index (χ2n) is 3.18. The van der Waals surface area contributed by atoms with Gasteiger partial charge in [-0.2, -0.15) is 0 Å². The third kappa shape index (κ3) is 1.76. The van der Waals surface area contributed by atoms with E-state index in [4.69, 9.17) is 0 Å². The minimum Gasteiger partial charge on any atom is -0.348 e. The Kier molecular flexibility index (Phi) is 2.69. The van der Waals surface area contributed by atoms with Crippen molar-refractivity contribution in [1.29, 1.82) is 0 Å². The number of amides is 1. The van der Waals surface area contributed by atoms with Gasteiger partial charge in [0.25, 0.3) is 0 Å². The van der Waals surface area contributed by atoms with Crippen LogP contribution in [-0.2, 0) is 4.79 Å². The molecule has 0 unspecified atom stereocenters. The maximum Gasteiger partial charge on any atom is 0.247 e. The molecule has 2 heteroatoms. The monoisotopic (exact) mass is 165 g/mol. The van der Waals surface area contributed by atoms with Crippen molar-refractivity contribution in [3.05, 3.63) is 22.8 Å². The zero-order valence-electron chi connectivity index (χ0n) is 7.90. The van der Waals surface area contributed by atoms with E-state index in [1.807, 2.05) is 6.92 Å². The van der Waals surface area contributed by atoms with Crippen LogP contribution in [0.4, 0.5) is 0 Å². The van der Waals surface area contributed by atoms with Crippen LogP contribution in [0.5, 0.6) is 0 Å². The molecule has 0 radical (unpaired) electrons. The van der Waals surface area contributed by atoms with E-state index in [0.29, 0.717) is 6.54 Å².